The van der Waals surface area contributed by atoms with E-state index in [9.17, 15) is 17.6 Å². The maximum atomic E-state index is 15.1. The van der Waals surface area contributed by atoms with Crippen LogP contribution in [0.5, 0.6) is 0 Å². The first kappa shape index (κ1) is 28.6. The van der Waals surface area contributed by atoms with Crippen LogP contribution in [0.4, 0.5) is 22.0 Å². The predicted molar refractivity (Wildman–Crippen MR) is 138 cm³/mol. The number of alkyl halides is 3. The first-order valence-electron chi connectivity index (χ1n) is 14.6. The second-order valence-electron chi connectivity index (χ2n) is 11.8. The number of ether oxygens (including phenoxy) is 1. The van der Waals surface area contributed by atoms with Crippen LogP contribution in [0.15, 0.2) is 30.1 Å². The summed E-state index contributed by atoms with van der Waals surface area (Å²) in [7, 11) is 0. The molecule has 37 heavy (non-hydrogen) atoms. The molecule has 208 valence electrons. The normalized spacial score (nSPS) is 31.9. The van der Waals surface area contributed by atoms with Crippen LogP contribution < -0.4 is 0 Å². The highest BCUT2D eigenvalue weighted by Gasteiger charge is 2.33. The van der Waals surface area contributed by atoms with Gasteiger partial charge >= 0.3 is 6.18 Å². The van der Waals surface area contributed by atoms with E-state index >= 15 is 4.39 Å². The zero-order valence-electron chi connectivity index (χ0n) is 22.2. The van der Waals surface area contributed by atoms with E-state index in [0.29, 0.717) is 49.2 Å². The lowest BCUT2D eigenvalue weighted by atomic mass is 9.74. The number of halogens is 5. The summed E-state index contributed by atoms with van der Waals surface area (Å²) in [6.45, 7) is 3.15. The number of rotatable bonds is 8. The molecule has 1 nitrogen and oxygen atoms in total. The number of hydrogen-bond donors (Lipinski definition) is 0. The largest absolute Gasteiger partial charge is 0.412 e. The monoisotopic (exact) mass is 526 g/mol. The third kappa shape index (κ3) is 8.03. The van der Waals surface area contributed by atoms with Crippen molar-refractivity contribution in [2.45, 2.75) is 121 Å². The van der Waals surface area contributed by atoms with E-state index in [1.54, 1.807) is 6.07 Å². The number of allylic oxidation sites excluding steroid dienone is 2. The molecule has 1 aromatic carbocycles. The molecule has 2 saturated carbocycles. The summed E-state index contributed by atoms with van der Waals surface area (Å²) in [4.78, 5) is 0. The van der Waals surface area contributed by atoms with Crippen molar-refractivity contribution in [3.63, 3.8) is 0 Å². The average Bonchev–Trinajstić information content (AvgIpc) is 2.88. The van der Waals surface area contributed by atoms with E-state index in [1.807, 2.05) is 12.1 Å². The van der Waals surface area contributed by atoms with Crippen LogP contribution >= 0.6 is 0 Å². The standard InChI is InChI=1S/C31H43F5O/c1-2-3-4-5-21-6-17-30(37-20-21)25-13-7-22(8-14-25)26-15-16-27(28(32)18-26)23-9-11-24(12-10-23)29(33)19-31(34,35)36/h15-16,18-19,21-25,30H,2-14,17,20H2,1H3/b29-19-. The van der Waals surface area contributed by atoms with Gasteiger partial charge in [0.15, 0.2) is 0 Å². The molecule has 1 heterocycles. The molecule has 2 aliphatic carbocycles. The molecule has 0 bridgehead atoms. The Hall–Kier alpha value is -1.43. The summed E-state index contributed by atoms with van der Waals surface area (Å²) in [6.07, 6.45) is 9.17. The van der Waals surface area contributed by atoms with Gasteiger partial charge in [-0.2, -0.15) is 13.2 Å². The van der Waals surface area contributed by atoms with Crippen molar-refractivity contribution in [3.05, 3.63) is 47.0 Å². The second-order valence-corrected chi connectivity index (χ2v) is 11.8. The Morgan fingerprint density at radius 2 is 1.62 bits per heavy atom. The Labute approximate surface area is 219 Å². The highest BCUT2D eigenvalue weighted by atomic mass is 19.4. The van der Waals surface area contributed by atoms with Gasteiger partial charge in [-0.05, 0) is 111 Å². The molecular weight excluding hydrogens is 483 g/mol. The van der Waals surface area contributed by atoms with Crippen LogP contribution in [0.2, 0.25) is 0 Å². The van der Waals surface area contributed by atoms with Crippen molar-refractivity contribution in [2.24, 2.45) is 17.8 Å². The molecule has 6 heteroatoms. The van der Waals surface area contributed by atoms with Crippen molar-refractivity contribution in [2.75, 3.05) is 6.61 Å². The lowest BCUT2D eigenvalue weighted by Crippen LogP contribution is -2.34. The van der Waals surface area contributed by atoms with Gasteiger partial charge in [-0.15, -0.1) is 0 Å². The quantitative estimate of drug-likeness (QED) is 0.242. The first-order chi connectivity index (χ1) is 17.7. The molecule has 3 aliphatic rings. The summed E-state index contributed by atoms with van der Waals surface area (Å²) >= 11 is 0. The minimum atomic E-state index is -4.64. The fraction of sp³-hybridized carbons (Fsp3) is 0.742. The SMILES string of the molecule is CCCCCC1CCC(C2CCC(c3ccc(C4CCC(/C(F)=C/C(F)(F)F)CC4)c(F)c3)CC2)OC1. The second kappa shape index (κ2) is 13.1. The summed E-state index contributed by atoms with van der Waals surface area (Å²) in [5.41, 5.74) is 1.67. The van der Waals surface area contributed by atoms with Crippen molar-refractivity contribution >= 4 is 0 Å². The first-order valence-corrected chi connectivity index (χ1v) is 14.6. The highest BCUT2D eigenvalue weighted by Crippen LogP contribution is 2.43. The van der Waals surface area contributed by atoms with Crippen LogP contribution in [-0.4, -0.2) is 18.9 Å². The Kier molecular flexibility index (Phi) is 10.1. The summed E-state index contributed by atoms with van der Waals surface area (Å²) in [6, 6.07) is 5.58. The molecule has 0 N–H and O–H groups in total. The van der Waals surface area contributed by atoms with Crippen LogP contribution in [0.1, 0.15) is 120 Å². The molecule has 3 fully saturated rings. The number of benzene rings is 1. The van der Waals surface area contributed by atoms with Gasteiger partial charge in [-0.1, -0.05) is 38.3 Å². The van der Waals surface area contributed by atoms with Gasteiger partial charge < -0.3 is 4.74 Å². The maximum absolute atomic E-state index is 15.1. The zero-order chi connectivity index (χ0) is 26.4. The molecule has 4 rings (SSSR count). The van der Waals surface area contributed by atoms with Crippen molar-refractivity contribution in [1.29, 1.82) is 0 Å². The summed E-state index contributed by atoms with van der Waals surface area (Å²) < 4.78 is 72.7. The number of unbranched alkanes of at least 4 members (excludes halogenated alkanes) is 2. The lowest BCUT2D eigenvalue weighted by molar-refractivity contribution is -0.0820. The minimum Gasteiger partial charge on any atom is -0.378 e. The summed E-state index contributed by atoms with van der Waals surface area (Å²) in [5.74, 6) is -0.390. The van der Waals surface area contributed by atoms with Gasteiger partial charge in [0, 0.05) is 12.5 Å². The molecule has 1 aliphatic heterocycles. The Morgan fingerprint density at radius 3 is 2.22 bits per heavy atom. The van der Waals surface area contributed by atoms with Crippen molar-refractivity contribution in [1.82, 2.24) is 0 Å². The molecule has 0 aromatic heterocycles. The molecule has 1 saturated heterocycles. The fourth-order valence-electron chi connectivity index (χ4n) is 7.02. The van der Waals surface area contributed by atoms with Crippen molar-refractivity contribution < 1.29 is 26.7 Å². The van der Waals surface area contributed by atoms with Gasteiger partial charge in [0.1, 0.15) is 11.6 Å². The van der Waals surface area contributed by atoms with Gasteiger partial charge in [0.25, 0.3) is 0 Å². The van der Waals surface area contributed by atoms with E-state index in [-0.39, 0.29) is 17.8 Å². The molecule has 1 aromatic rings. The van der Waals surface area contributed by atoms with Crippen LogP contribution in [0, 0.1) is 23.6 Å². The van der Waals surface area contributed by atoms with Crippen LogP contribution in [0.25, 0.3) is 0 Å². The molecular formula is C31H43F5O. The van der Waals surface area contributed by atoms with E-state index in [4.69, 9.17) is 4.74 Å². The Balaban J connectivity index is 1.24. The number of hydrogen-bond acceptors (Lipinski definition) is 1. The lowest BCUT2D eigenvalue weighted by Gasteiger charge is -2.38. The Morgan fingerprint density at radius 1 is 0.919 bits per heavy atom. The smallest absolute Gasteiger partial charge is 0.378 e. The average molecular weight is 527 g/mol. The van der Waals surface area contributed by atoms with Gasteiger partial charge in [0.05, 0.1) is 12.2 Å². The van der Waals surface area contributed by atoms with Gasteiger partial charge in [-0.25, -0.2) is 8.78 Å². The van der Waals surface area contributed by atoms with Crippen LogP contribution in [0.3, 0.4) is 0 Å². The van der Waals surface area contributed by atoms with E-state index in [0.717, 1.165) is 43.8 Å². The third-order valence-corrected chi connectivity index (χ3v) is 9.27. The van der Waals surface area contributed by atoms with Gasteiger partial charge in [-0.3, -0.25) is 0 Å². The molecule has 0 spiro atoms. The van der Waals surface area contributed by atoms with E-state index in [1.165, 1.54) is 38.5 Å². The topological polar surface area (TPSA) is 9.23 Å². The third-order valence-electron chi connectivity index (χ3n) is 9.27. The Bertz CT molecular complexity index is 870. The molecule has 0 radical (unpaired) electrons. The zero-order valence-corrected chi connectivity index (χ0v) is 22.2. The van der Waals surface area contributed by atoms with E-state index < -0.39 is 17.9 Å². The summed E-state index contributed by atoms with van der Waals surface area (Å²) in [5, 5.41) is 0. The van der Waals surface area contributed by atoms with E-state index in [2.05, 4.69) is 6.92 Å². The predicted octanol–water partition coefficient (Wildman–Crippen LogP) is 10.2. The molecule has 2 unspecified atom stereocenters. The molecule has 0 amide bonds. The van der Waals surface area contributed by atoms with Gasteiger partial charge in [0.2, 0.25) is 0 Å². The van der Waals surface area contributed by atoms with Crippen molar-refractivity contribution in [3.8, 4) is 0 Å². The molecule has 2 atom stereocenters. The minimum absolute atomic E-state index is 0.0611. The maximum Gasteiger partial charge on any atom is 0.412 e. The fourth-order valence-corrected chi connectivity index (χ4v) is 7.02. The highest BCUT2D eigenvalue weighted by molar-refractivity contribution is 5.30. The van der Waals surface area contributed by atoms with Crippen LogP contribution in [-0.2, 0) is 4.74 Å².